The highest BCUT2D eigenvalue weighted by Gasteiger charge is 1.81. The Kier molecular flexibility index (Phi) is 15.2. The van der Waals surface area contributed by atoms with E-state index >= 15 is 0 Å². The zero-order chi connectivity index (χ0) is 9.82. The van der Waals surface area contributed by atoms with Gasteiger partial charge in [-0.05, 0) is 20.3 Å². The van der Waals surface area contributed by atoms with Crippen molar-refractivity contribution in [2.45, 2.75) is 34.1 Å². The number of hydrogen-bond acceptors (Lipinski definition) is 3. The highest BCUT2D eigenvalue weighted by Crippen LogP contribution is 1.75. The van der Waals surface area contributed by atoms with Crippen molar-refractivity contribution >= 4 is 5.97 Å². The SMILES string of the molecule is CCCOCC.CCOC(C)=O. The molecule has 0 aliphatic carbocycles. The van der Waals surface area contributed by atoms with Crippen LogP contribution in [0.5, 0.6) is 0 Å². The van der Waals surface area contributed by atoms with Gasteiger partial charge in [-0.2, -0.15) is 0 Å². The molecule has 0 bridgehead atoms. The maximum Gasteiger partial charge on any atom is 0.302 e. The van der Waals surface area contributed by atoms with E-state index in [0.29, 0.717) is 6.61 Å². The van der Waals surface area contributed by atoms with Crippen LogP contribution in [0.1, 0.15) is 34.1 Å². The predicted molar refractivity (Wildman–Crippen MR) is 49.1 cm³/mol. The summed E-state index contributed by atoms with van der Waals surface area (Å²) >= 11 is 0. The molecule has 0 heterocycles. The molecule has 0 unspecified atom stereocenters. The van der Waals surface area contributed by atoms with Crippen LogP contribution in [0.15, 0.2) is 0 Å². The van der Waals surface area contributed by atoms with Crippen LogP contribution in [0.3, 0.4) is 0 Å². The summed E-state index contributed by atoms with van der Waals surface area (Å²) in [5.74, 6) is -0.211. The molecular formula is C9H20O3. The minimum absolute atomic E-state index is 0.211. The molecule has 0 amide bonds. The number of ether oxygens (including phenoxy) is 2. The Morgan fingerprint density at radius 1 is 1.17 bits per heavy atom. The van der Waals surface area contributed by atoms with E-state index in [9.17, 15) is 4.79 Å². The Morgan fingerprint density at radius 2 is 1.75 bits per heavy atom. The molecule has 0 saturated carbocycles. The van der Waals surface area contributed by atoms with Gasteiger partial charge in [-0.25, -0.2) is 0 Å². The van der Waals surface area contributed by atoms with Crippen molar-refractivity contribution in [2.24, 2.45) is 0 Å². The lowest BCUT2D eigenvalue weighted by Gasteiger charge is -1.91. The van der Waals surface area contributed by atoms with E-state index in [1.54, 1.807) is 6.92 Å². The molecule has 0 saturated heterocycles. The van der Waals surface area contributed by atoms with Crippen molar-refractivity contribution in [1.82, 2.24) is 0 Å². The maximum absolute atomic E-state index is 9.82. The van der Waals surface area contributed by atoms with E-state index < -0.39 is 0 Å². The first-order valence-electron chi connectivity index (χ1n) is 4.40. The Morgan fingerprint density at radius 3 is 1.83 bits per heavy atom. The zero-order valence-corrected chi connectivity index (χ0v) is 8.55. The van der Waals surface area contributed by atoms with Crippen molar-refractivity contribution < 1.29 is 14.3 Å². The van der Waals surface area contributed by atoms with Gasteiger partial charge >= 0.3 is 5.97 Å². The Bertz CT molecular complexity index is 87.8. The number of rotatable bonds is 4. The third-order valence-electron chi connectivity index (χ3n) is 0.900. The van der Waals surface area contributed by atoms with Crippen LogP contribution in [-0.4, -0.2) is 25.8 Å². The minimum atomic E-state index is -0.211. The molecule has 3 nitrogen and oxygen atoms in total. The molecule has 0 aliphatic rings. The summed E-state index contributed by atoms with van der Waals surface area (Å²) in [7, 11) is 0. The quantitative estimate of drug-likeness (QED) is 0.485. The van der Waals surface area contributed by atoms with Crippen LogP contribution in [0.4, 0.5) is 0 Å². The molecule has 12 heavy (non-hydrogen) atoms. The van der Waals surface area contributed by atoms with E-state index in [2.05, 4.69) is 11.7 Å². The van der Waals surface area contributed by atoms with Crippen LogP contribution in [0, 0.1) is 0 Å². The first-order chi connectivity index (χ1) is 5.68. The Balaban J connectivity index is 0. The molecule has 0 aromatic heterocycles. The lowest BCUT2D eigenvalue weighted by Crippen LogP contribution is -1.95. The second-order valence-corrected chi connectivity index (χ2v) is 2.12. The van der Waals surface area contributed by atoms with Crippen LogP contribution in [0.2, 0.25) is 0 Å². The van der Waals surface area contributed by atoms with Crippen molar-refractivity contribution in [1.29, 1.82) is 0 Å². The van der Waals surface area contributed by atoms with E-state index in [-0.39, 0.29) is 5.97 Å². The summed E-state index contributed by atoms with van der Waals surface area (Å²) in [6.07, 6.45) is 1.13. The monoisotopic (exact) mass is 176 g/mol. The minimum Gasteiger partial charge on any atom is -0.466 e. The normalized spacial score (nSPS) is 8.33. The summed E-state index contributed by atoms with van der Waals surface area (Å²) in [6, 6.07) is 0. The van der Waals surface area contributed by atoms with E-state index in [1.807, 2.05) is 6.92 Å². The maximum atomic E-state index is 9.82. The standard InChI is InChI=1S/C5H12O.C4H8O2/c1-3-5-6-4-2;1-3-6-4(2)5/h3-5H2,1-2H3;3H2,1-2H3. The fourth-order valence-corrected chi connectivity index (χ4v) is 0.492. The molecule has 0 fully saturated rings. The third kappa shape index (κ3) is 22.7. The average Bonchev–Trinajstić information content (AvgIpc) is 2.02. The summed E-state index contributed by atoms with van der Waals surface area (Å²) in [5.41, 5.74) is 0. The van der Waals surface area contributed by atoms with Crippen molar-refractivity contribution in [2.75, 3.05) is 19.8 Å². The molecule has 0 radical (unpaired) electrons. The summed E-state index contributed by atoms with van der Waals surface area (Å²) < 4.78 is 9.39. The van der Waals surface area contributed by atoms with Crippen LogP contribution in [0.25, 0.3) is 0 Å². The fourth-order valence-electron chi connectivity index (χ4n) is 0.492. The second-order valence-electron chi connectivity index (χ2n) is 2.12. The summed E-state index contributed by atoms with van der Waals surface area (Å²) in [6.45, 7) is 9.54. The van der Waals surface area contributed by atoms with Gasteiger partial charge in [-0.15, -0.1) is 0 Å². The Labute approximate surface area is 75.1 Å². The fraction of sp³-hybridized carbons (Fsp3) is 0.889. The predicted octanol–water partition coefficient (Wildman–Crippen LogP) is 2.00. The largest absolute Gasteiger partial charge is 0.466 e. The molecule has 0 rings (SSSR count). The molecule has 0 aliphatic heterocycles. The number of esters is 1. The van der Waals surface area contributed by atoms with Gasteiger partial charge in [0.2, 0.25) is 0 Å². The lowest BCUT2D eigenvalue weighted by atomic mass is 10.5. The number of carbonyl (C=O) groups is 1. The van der Waals surface area contributed by atoms with Gasteiger partial charge in [0.1, 0.15) is 0 Å². The van der Waals surface area contributed by atoms with Crippen molar-refractivity contribution in [3.8, 4) is 0 Å². The lowest BCUT2D eigenvalue weighted by molar-refractivity contribution is -0.140. The molecule has 0 N–H and O–H groups in total. The molecule has 0 aromatic rings. The topological polar surface area (TPSA) is 35.5 Å². The van der Waals surface area contributed by atoms with Crippen LogP contribution < -0.4 is 0 Å². The summed E-state index contributed by atoms with van der Waals surface area (Å²) in [4.78, 5) is 9.82. The Hall–Kier alpha value is -0.570. The van der Waals surface area contributed by atoms with Gasteiger partial charge in [0.05, 0.1) is 6.61 Å². The molecule has 74 valence electrons. The molecule has 0 aromatic carbocycles. The highest BCUT2D eigenvalue weighted by molar-refractivity contribution is 5.65. The smallest absolute Gasteiger partial charge is 0.302 e. The number of hydrogen-bond donors (Lipinski definition) is 0. The highest BCUT2D eigenvalue weighted by atomic mass is 16.5. The van der Waals surface area contributed by atoms with Crippen LogP contribution in [-0.2, 0) is 14.3 Å². The number of carbonyl (C=O) groups excluding carboxylic acids is 1. The van der Waals surface area contributed by atoms with Crippen LogP contribution >= 0.6 is 0 Å². The average molecular weight is 176 g/mol. The van der Waals surface area contributed by atoms with Gasteiger partial charge in [0, 0.05) is 20.1 Å². The van der Waals surface area contributed by atoms with Crippen molar-refractivity contribution in [3.63, 3.8) is 0 Å². The van der Waals surface area contributed by atoms with E-state index in [4.69, 9.17) is 4.74 Å². The van der Waals surface area contributed by atoms with Gasteiger partial charge in [-0.3, -0.25) is 4.79 Å². The molecule has 0 atom stereocenters. The van der Waals surface area contributed by atoms with Gasteiger partial charge < -0.3 is 9.47 Å². The second kappa shape index (κ2) is 13.1. The first-order valence-corrected chi connectivity index (χ1v) is 4.40. The summed E-state index contributed by atoms with van der Waals surface area (Å²) in [5, 5.41) is 0. The zero-order valence-electron chi connectivity index (χ0n) is 8.55. The van der Waals surface area contributed by atoms with Gasteiger partial charge in [0.15, 0.2) is 0 Å². The van der Waals surface area contributed by atoms with Gasteiger partial charge in [-0.1, -0.05) is 6.92 Å². The van der Waals surface area contributed by atoms with Crippen molar-refractivity contribution in [3.05, 3.63) is 0 Å². The molecule has 3 heteroatoms. The van der Waals surface area contributed by atoms with Gasteiger partial charge in [0.25, 0.3) is 0 Å². The first kappa shape index (κ1) is 14.0. The van der Waals surface area contributed by atoms with E-state index in [1.165, 1.54) is 6.92 Å². The third-order valence-corrected chi connectivity index (χ3v) is 0.900. The molecule has 0 spiro atoms. The van der Waals surface area contributed by atoms with E-state index in [0.717, 1.165) is 19.6 Å². The molecular weight excluding hydrogens is 156 g/mol.